The summed E-state index contributed by atoms with van der Waals surface area (Å²) < 4.78 is 7.56. The third-order valence-corrected chi connectivity index (χ3v) is 7.64. The molecule has 1 aliphatic rings. The lowest BCUT2D eigenvalue weighted by Gasteiger charge is -2.30. The van der Waals surface area contributed by atoms with Gasteiger partial charge in [0.1, 0.15) is 17.3 Å². The maximum Gasteiger partial charge on any atom is 0.256 e. The fraction of sp³-hybridized carbons (Fsp3) is 0.250. The van der Waals surface area contributed by atoms with E-state index in [0.717, 1.165) is 65.2 Å². The molecule has 0 spiro atoms. The predicted molar refractivity (Wildman–Crippen MR) is 160 cm³/mol. The minimum absolute atomic E-state index is 0.181. The van der Waals surface area contributed by atoms with Gasteiger partial charge in [-0.25, -0.2) is 0 Å². The monoisotopic (exact) mass is 534 g/mol. The topological polar surface area (TPSA) is 87.2 Å². The lowest BCUT2D eigenvalue weighted by Crippen LogP contribution is -2.36. The highest BCUT2D eigenvalue weighted by Crippen LogP contribution is 2.30. The normalized spacial score (nSPS) is 14.3. The van der Waals surface area contributed by atoms with Crippen molar-refractivity contribution in [2.45, 2.75) is 25.4 Å². The quantitative estimate of drug-likeness (QED) is 0.233. The van der Waals surface area contributed by atoms with E-state index in [4.69, 9.17) is 4.74 Å². The number of ether oxygens (including phenoxy) is 1. The van der Waals surface area contributed by atoms with E-state index < -0.39 is 0 Å². The first-order valence-corrected chi connectivity index (χ1v) is 13.7. The molecule has 3 heterocycles. The number of aromatic nitrogens is 3. The maximum absolute atomic E-state index is 13.0. The molecule has 1 saturated heterocycles. The first-order valence-electron chi connectivity index (χ1n) is 13.7. The van der Waals surface area contributed by atoms with Crippen molar-refractivity contribution in [3.05, 3.63) is 96.1 Å². The molecule has 3 aromatic carbocycles. The molecule has 6 rings (SSSR count). The molecule has 0 aliphatic carbocycles. The average Bonchev–Trinajstić information content (AvgIpc) is 3.59. The van der Waals surface area contributed by atoms with Crippen molar-refractivity contribution in [1.29, 1.82) is 0 Å². The number of aromatic amines is 1. The van der Waals surface area contributed by atoms with Crippen LogP contribution in [0.25, 0.3) is 22.3 Å². The summed E-state index contributed by atoms with van der Waals surface area (Å²) in [5, 5.41) is 15.2. The molecule has 204 valence electrons. The Bertz CT molecular complexity index is 1600. The number of rotatable bonds is 8. The molecule has 1 fully saturated rings. The van der Waals surface area contributed by atoms with Crippen molar-refractivity contribution in [3.63, 3.8) is 0 Å². The van der Waals surface area contributed by atoms with Crippen LogP contribution >= 0.6 is 0 Å². The zero-order valence-electron chi connectivity index (χ0n) is 22.9. The zero-order chi connectivity index (χ0) is 27.5. The first-order chi connectivity index (χ1) is 19.6. The van der Waals surface area contributed by atoms with Gasteiger partial charge in [0, 0.05) is 40.8 Å². The van der Waals surface area contributed by atoms with Crippen molar-refractivity contribution in [2.75, 3.05) is 37.9 Å². The number of fused-ring (bicyclic) bond motifs is 1. The molecular formula is C32H34N6O2. The fourth-order valence-corrected chi connectivity index (χ4v) is 5.32. The van der Waals surface area contributed by atoms with Crippen LogP contribution in [0.15, 0.2) is 84.9 Å². The Hall–Kier alpha value is -4.56. The van der Waals surface area contributed by atoms with Gasteiger partial charge in [0.15, 0.2) is 0 Å². The van der Waals surface area contributed by atoms with Crippen LogP contribution in [-0.4, -0.2) is 58.9 Å². The van der Waals surface area contributed by atoms with Crippen LogP contribution in [0.4, 0.5) is 11.5 Å². The standard InChI is InChI=1S/C32H34N6O2/c1-37-17-15-26(16-18-37)33-25-11-9-23(10-12-25)32(39)34-31-20-28(35-36-31)30-19-24-5-3-4-6-29(24)38(30)21-22-7-13-27(40-2)14-8-22/h3-14,19-20,26,33H,15-18,21H2,1-2H3,(H2,34,35,36,39). The van der Waals surface area contributed by atoms with Crippen molar-refractivity contribution in [1.82, 2.24) is 19.7 Å². The lowest BCUT2D eigenvalue weighted by atomic mass is 10.0. The van der Waals surface area contributed by atoms with E-state index in [9.17, 15) is 4.79 Å². The molecule has 5 aromatic rings. The molecule has 0 unspecified atom stereocenters. The number of nitrogens with one attached hydrogen (secondary N) is 3. The second-order valence-electron chi connectivity index (χ2n) is 10.4. The highest BCUT2D eigenvalue weighted by Gasteiger charge is 2.17. The van der Waals surface area contributed by atoms with Crippen LogP contribution in [0.1, 0.15) is 28.8 Å². The Balaban J connectivity index is 1.17. The fourth-order valence-electron chi connectivity index (χ4n) is 5.32. The van der Waals surface area contributed by atoms with Crippen LogP contribution in [0.2, 0.25) is 0 Å². The van der Waals surface area contributed by atoms with Crippen LogP contribution in [-0.2, 0) is 6.54 Å². The lowest BCUT2D eigenvalue weighted by molar-refractivity contribution is 0.102. The SMILES string of the molecule is COc1ccc(Cn2c(-c3cc(NC(=O)c4ccc(NC5CCN(C)CC5)cc4)[nH]n3)cc3ccccc32)cc1. The minimum atomic E-state index is -0.181. The number of carbonyl (C=O) groups excluding carboxylic acids is 1. The summed E-state index contributed by atoms with van der Waals surface area (Å²) in [6.45, 7) is 2.89. The van der Waals surface area contributed by atoms with E-state index in [1.54, 1.807) is 7.11 Å². The number of carbonyl (C=O) groups is 1. The van der Waals surface area contributed by atoms with E-state index in [2.05, 4.69) is 67.7 Å². The number of amides is 1. The number of H-pyrrole nitrogens is 1. The minimum Gasteiger partial charge on any atom is -0.497 e. The Morgan fingerprint density at radius 1 is 1.00 bits per heavy atom. The van der Waals surface area contributed by atoms with Gasteiger partial charge in [0.25, 0.3) is 5.91 Å². The molecule has 1 aliphatic heterocycles. The third-order valence-electron chi connectivity index (χ3n) is 7.64. The van der Waals surface area contributed by atoms with E-state index in [-0.39, 0.29) is 5.91 Å². The molecule has 0 radical (unpaired) electrons. The summed E-state index contributed by atoms with van der Waals surface area (Å²) >= 11 is 0. The molecule has 8 heteroatoms. The summed E-state index contributed by atoms with van der Waals surface area (Å²) in [7, 11) is 3.83. The number of hydrogen-bond donors (Lipinski definition) is 3. The first kappa shape index (κ1) is 25.7. The third kappa shape index (κ3) is 5.58. The Labute approximate surface area is 234 Å². The molecule has 0 atom stereocenters. The van der Waals surface area contributed by atoms with Gasteiger partial charge in [-0.3, -0.25) is 9.89 Å². The highest BCUT2D eigenvalue weighted by molar-refractivity contribution is 6.04. The molecule has 8 nitrogen and oxygen atoms in total. The van der Waals surface area contributed by atoms with Gasteiger partial charge >= 0.3 is 0 Å². The smallest absolute Gasteiger partial charge is 0.256 e. The number of methoxy groups -OCH3 is 1. The zero-order valence-corrected chi connectivity index (χ0v) is 22.9. The number of benzene rings is 3. The molecule has 2 aromatic heterocycles. The Kier molecular flexibility index (Phi) is 7.25. The molecular weight excluding hydrogens is 500 g/mol. The molecule has 3 N–H and O–H groups in total. The van der Waals surface area contributed by atoms with Gasteiger partial charge in [-0.2, -0.15) is 5.10 Å². The number of hydrogen-bond acceptors (Lipinski definition) is 5. The maximum atomic E-state index is 13.0. The Morgan fingerprint density at radius 3 is 2.50 bits per heavy atom. The number of para-hydroxylation sites is 1. The summed E-state index contributed by atoms with van der Waals surface area (Å²) in [5.74, 6) is 1.20. The van der Waals surface area contributed by atoms with Crippen molar-refractivity contribution in [2.24, 2.45) is 0 Å². The average molecular weight is 535 g/mol. The largest absolute Gasteiger partial charge is 0.497 e. The van der Waals surface area contributed by atoms with Gasteiger partial charge < -0.3 is 24.8 Å². The van der Waals surface area contributed by atoms with Crippen LogP contribution < -0.4 is 15.4 Å². The Morgan fingerprint density at radius 2 is 1.75 bits per heavy atom. The number of nitrogens with zero attached hydrogens (tertiary/aromatic N) is 3. The van der Waals surface area contributed by atoms with E-state index in [0.29, 0.717) is 24.0 Å². The summed E-state index contributed by atoms with van der Waals surface area (Å²) in [6.07, 6.45) is 2.25. The van der Waals surface area contributed by atoms with Crippen LogP contribution in [0, 0.1) is 0 Å². The second kappa shape index (κ2) is 11.3. The van der Waals surface area contributed by atoms with Gasteiger partial charge in [-0.1, -0.05) is 30.3 Å². The van der Waals surface area contributed by atoms with Crippen molar-refractivity contribution in [3.8, 4) is 17.1 Å². The molecule has 40 heavy (non-hydrogen) atoms. The summed E-state index contributed by atoms with van der Waals surface area (Å²) in [5.41, 5.74) is 5.64. The van der Waals surface area contributed by atoms with Gasteiger partial charge in [0.2, 0.25) is 0 Å². The molecule has 0 bridgehead atoms. The van der Waals surface area contributed by atoms with Gasteiger partial charge in [0.05, 0.1) is 12.8 Å². The highest BCUT2D eigenvalue weighted by atomic mass is 16.5. The van der Waals surface area contributed by atoms with Crippen molar-refractivity contribution >= 4 is 28.3 Å². The van der Waals surface area contributed by atoms with Crippen LogP contribution in [0.5, 0.6) is 5.75 Å². The number of likely N-dealkylation sites (tertiary alicyclic amines) is 1. The second-order valence-corrected chi connectivity index (χ2v) is 10.4. The summed E-state index contributed by atoms with van der Waals surface area (Å²) in [6, 6.07) is 28.5. The number of piperidine rings is 1. The van der Waals surface area contributed by atoms with E-state index in [1.807, 2.05) is 54.6 Å². The molecule has 0 saturated carbocycles. The van der Waals surface area contributed by atoms with Crippen LogP contribution in [0.3, 0.4) is 0 Å². The predicted octanol–water partition coefficient (Wildman–Crippen LogP) is 5.85. The van der Waals surface area contributed by atoms with Crippen molar-refractivity contribution < 1.29 is 9.53 Å². The van der Waals surface area contributed by atoms with E-state index >= 15 is 0 Å². The van der Waals surface area contributed by atoms with E-state index in [1.165, 1.54) is 0 Å². The number of anilines is 2. The van der Waals surface area contributed by atoms with Gasteiger partial charge in [-0.05, 0) is 87.1 Å². The molecule has 1 amide bonds. The van der Waals surface area contributed by atoms with Gasteiger partial charge in [-0.15, -0.1) is 0 Å². The summed E-state index contributed by atoms with van der Waals surface area (Å²) in [4.78, 5) is 15.4.